The van der Waals surface area contributed by atoms with Crippen molar-refractivity contribution >= 4 is 0 Å². The van der Waals surface area contributed by atoms with E-state index in [1.165, 1.54) is 6.07 Å². The second-order valence-electron chi connectivity index (χ2n) is 4.74. The summed E-state index contributed by atoms with van der Waals surface area (Å²) in [5, 5.41) is 10.9. The normalized spacial score (nSPS) is 21.2. The molecule has 3 rings (SSSR count). The Balaban J connectivity index is 2.13. The Labute approximate surface area is 110 Å². The molecule has 1 atom stereocenters. The number of rotatable bonds is 2. The van der Waals surface area contributed by atoms with E-state index in [1.54, 1.807) is 37.7 Å². The fourth-order valence-corrected chi connectivity index (χ4v) is 2.70. The van der Waals surface area contributed by atoms with Crippen molar-refractivity contribution in [3.8, 4) is 5.75 Å². The Morgan fingerprint density at radius 1 is 1.37 bits per heavy atom. The van der Waals surface area contributed by atoms with E-state index in [9.17, 15) is 9.50 Å². The molecule has 1 aliphatic rings. The molecule has 1 aromatic heterocycles. The van der Waals surface area contributed by atoms with E-state index in [2.05, 4.69) is 4.98 Å². The van der Waals surface area contributed by atoms with Gasteiger partial charge in [0.15, 0.2) is 0 Å². The molecule has 0 spiro atoms. The molecule has 4 heteroatoms. The van der Waals surface area contributed by atoms with Crippen LogP contribution in [0, 0.1) is 5.82 Å². The Morgan fingerprint density at radius 2 is 2.21 bits per heavy atom. The van der Waals surface area contributed by atoms with Crippen LogP contribution in [0.25, 0.3) is 0 Å². The lowest BCUT2D eigenvalue weighted by atomic mass is 9.89. The predicted molar refractivity (Wildman–Crippen MR) is 68.5 cm³/mol. The van der Waals surface area contributed by atoms with Crippen molar-refractivity contribution in [2.45, 2.75) is 18.4 Å². The van der Waals surface area contributed by atoms with Crippen LogP contribution >= 0.6 is 0 Å². The third kappa shape index (κ3) is 1.79. The quantitative estimate of drug-likeness (QED) is 0.900. The van der Waals surface area contributed by atoms with Crippen LogP contribution < -0.4 is 4.74 Å². The van der Waals surface area contributed by atoms with Gasteiger partial charge in [-0.15, -0.1) is 0 Å². The molecule has 1 N–H and O–H groups in total. The summed E-state index contributed by atoms with van der Waals surface area (Å²) in [4.78, 5) is 4.06. The molecule has 0 radical (unpaired) electrons. The van der Waals surface area contributed by atoms with Crippen LogP contribution in [-0.2, 0) is 12.0 Å². The van der Waals surface area contributed by atoms with Gasteiger partial charge in [-0.3, -0.25) is 4.98 Å². The fraction of sp³-hybridized carbons (Fsp3) is 0.267. The number of ether oxygens (including phenoxy) is 1. The number of fused-ring (bicyclic) bond motifs is 1. The number of halogens is 1. The second-order valence-corrected chi connectivity index (χ2v) is 4.74. The first-order chi connectivity index (χ1) is 9.15. The number of methoxy groups -OCH3 is 1. The van der Waals surface area contributed by atoms with E-state index in [0.29, 0.717) is 35.3 Å². The van der Waals surface area contributed by atoms with Crippen molar-refractivity contribution in [1.82, 2.24) is 4.98 Å². The number of nitrogens with zero attached hydrogens (tertiary/aromatic N) is 1. The molecule has 0 bridgehead atoms. The molecule has 0 fully saturated rings. The molecule has 1 unspecified atom stereocenters. The molecule has 1 heterocycles. The zero-order chi connectivity index (χ0) is 13.5. The molecule has 2 aromatic rings. The molecule has 1 aliphatic carbocycles. The van der Waals surface area contributed by atoms with E-state index >= 15 is 0 Å². The number of aromatic nitrogens is 1. The Hall–Kier alpha value is -1.94. The van der Waals surface area contributed by atoms with Crippen LogP contribution in [0.1, 0.15) is 23.1 Å². The smallest absolute Gasteiger partial charge is 0.137 e. The number of hydrogen-bond donors (Lipinski definition) is 1. The topological polar surface area (TPSA) is 42.4 Å². The van der Waals surface area contributed by atoms with E-state index in [-0.39, 0.29) is 5.82 Å². The minimum absolute atomic E-state index is 0.260. The molecule has 1 aromatic carbocycles. The van der Waals surface area contributed by atoms with Gasteiger partial charge in [0.25, 0.3) is 0 Å². The minimum Gasteiger partial charge on any atom is -0.495 e. The highest BCUT2D eigenvalue weighted by atomic mass is 19.1. The molecule has 0 amide bonds. The molecule has 0 aliphatic heterocycles. The van der Waals surface area contributed by atoms with Crippen LogP contribution in [0.15, 0.2) is 36.7 Å². The van der Waals surface area contributed by atoms with Gasteiger partial charge in [-0.05, 0) is 36.1 Å². The summed E-state index contributed by atoms with van der Waals surface area (Å²) in [5.41, 5.74) is 0.672. The lowest BCUT2D eigenvalue weighted by Crippen LogP contribution is -2.24. The van der Waals surface area contributed by atoms with Gasteiger partial charge in [-0.25, -0.2) is 4.39 Å². The third-order valence-corrected chi connectivity index (χ3v) is 3.73. The average Bonchev–Trinajstić information content (AvgIpc) is 2.80. The van der Waals surface area contributed by atoms with E-state index in [0.717, 1.165) is 0 Å². The summed E-state index contributed by atoms with van der Waals surface area (Å²) >= 11 is 0. The van der Waals surface area contributed by atoms with Crippen LogP contribution in [-0.4, -0.2) is 17.2 Å². The minimum atomic E-state index is -1.18. The van der Waals surface area contributed by atoms with E-state index in [4.69, 9.17) is 4.74 Å². The number of hydrogen-bond acceptors (Lipinski definition) is 3. The SMILES string of the molecule is COc1cncc(C2(O)CCc3c(F)cccc32)c1. The highest BCUT2D eigenvalue weighted by molar-refractivity contribution is 5.46. The summed E-state index contributed by atoms with van der Waals surface area (Å²) in [6, 6.07) is 6.56. The first-order valence-electron chi connectivity index (χ1n) is 6.15. The second kappa shape index (κ2) is 4.31. The Bertz CT molecular complexity index is 629. The van der Waals surface area contributed by atoms with E-state index in [1.807, 2.05) is 0 Å². The maximum atomic E-state index is 13.7. The molecule has 0 saturated carbocycles. The third-order valence-electron chi connectivity index (χ3n) is 3.73. The van der Waals surface area contributed by atoms with Crippen molar-refractivity contribution in [2.75, 3.05) is 7.11 Å². The average molecular weight is 259 g/mol. The van der Waals surface area contributed by atoms with Crippen LogP contribution in [0.2, 0.25) is 0 Å². The van der Waals surface area contributed by atoms with Gasteiger partial charge in [-0.2, -0.15) is 0 Å². The van der Waals surface area contributed by atoms with Crippen molar-refractivity contribution in [3.63, 3.8) is 0 Å². The first-order valence-corrected chi connectivity index (χ1v) is 6.15. The van der Waals surface area contributed by atoms with Crippen LogP contribution in [0.4, 0.5) is 4.39 Å². The number of pyridine rings is 1. The molecule has 3 nitrogen and oxygen atoms in total. The monoisotopic (exact) mass is 259 g/mol. The standard InChI is InChI=1S/C15H14FNO2/c1-19-11-7-10(8-17-9-11)15(18)6-5-12-13(15)3-2-4-14(12)16/h2-4,7-9,18H,5-6H2,1H3. The molecule has 0 saturated heterocycles. The zero-order valence-electron chi connectivity index (χ0n) is 10.6. The van der Waals surface area contributed by atoms with Crippen LogP contribution in [0.5, 0.6) is 5.75 Å². The van der Waals surface area contributed by atoms with Gasteiger partial charge in [0.2, 0.25) is 0 Å². The van der Waals surface area contributed by atoms with Gasteiger partial charge < -0.3 is 9.84 Å². The summed E-state index contributed by atoms with van der Waals surface area (Å²) in [5.74, 6) is 0.319. The largest absolute Gasteiger partial charge is 0.495 e. The first kappa shape index (κ1) is 12.1. The summed E-state index contributed by atoms with van der Waals surface area (Å²) < 4.78 is 18.9. The lowest BCUT2D eigenvalue weighted by molar-refractivity contribution is 0.0822. The Kier molecular flexibility index (Phi) is 2.75. The van der Waals surface area contributed by atoms with Crippen molar-refractivity contribution in [1.29, 1.82) is 0 Å². The number of aliphatic hydroxyl groups is 1. The van der Waals surface area contributed by atoms with Gasteiger partial charge in [0.1, 0.15) is 17.2 Å². The molecule has 19 heavy (non-hydrogen) atoms. The predicted octanol–water partition coefficient (Wildman–Crippen LogP) is 2.41. The number of benzene rings is 1. The molecule has 98 valence electrons. The summed E-state index contributed by atoms with van der Waals surface area (Å²) in [6.07, 6.45) is 4.16. The van der Waals surface area contributed by atoms with Crippen molar-refractivity contribution < 1.29 is 14.2 Å². The van der Waals surface area contributed by atoms with E-state index < -0.39 is 5.60 Å². The highest BCUT2D eigenvalue weighted by Gasteiger charge is 2.40. The van der Waals surface area contributed by atoms with Crippen LogP contribution in [0.3, 0.4) is 0 Å². The van der Waals surface area contributed by atoms with Gasteiger partial charge >= 0.3 is 0 Å². The van der Waals surface area contributed by atoms with Crippen molar-refractivity contribution in [3.05, 3.63) is 59.2 Å². The molecular formula is C15H14FNO2. The summed E-state index contributed by atoms with van der Waals surface area (Å²) in [7, 11) is 1.55. The van der Waals surface area contributed by atoms with Gasteiger partial charge in [0.05, 0.1) is 13.3 Å². The maximum Gasteiger partial charge on any atom is 0.137 e. The van der Waals surface area contributed by atoms with Gasteiger partial charge in [0, 0.05) is 11.8 Å². The Morgan fingerprint density at radius 3 is 3.00 bits per heavy atom. The van der Waals surface area contributed by atoms with Gasteiger partial charge in [-0.1, -0.05) is 12.1 Å². The van der Waals surface area contributed by atoms with Crippen molar-refractivity contribution in [2.24, 2.45) is 0 Å². The zero-order valence-corrected chi connectivity index (χ0v) is 10.6. The maximum absolute atomic E-state index is 13.7. The fourth-order valence-electron chi connectivity index (χ4n) is 2.70. The summed E-state index contributed by atoms with van der Waals surface area (Å²) in [6.45, 7) is 0. The lowest BCUT2D eigenvalue weighted by Gasteiger charge is -2.24. The highest BCUT2D eigenvalue weighted by Crippen LogP contribution is 2.43. The molecular weight excluding hydrogens is 245 g/mol.